The summed E-state index contributed by atoms with van der Waals surface area (Å²) in [6.45, 7) is 0.446. The Kier molecular flexibility index (Phi) is 4.56. The molecule has 3 aromatic heterocycles. The van der Waals surface area contributed by atoms with Crippen molar-refractivity contribution in [1.82, 2.24) is 14.5 Å². The molecule has 0 fully saturated rings. The molecule has 0 aliphatic rings. The SMILES string of the molecule is O=C(Nc1cccnc1Cl)c1cc2cc(F)ccc2n1Cc1ccncc1. The number of benzene rings is 1. The number of amides is 1. The number of fused-ring (bicyclic) bond motifs is 1. The monoisotopic (exact) mass is 380 g/mol. The van der Waals surface area contributed by atoms with E-state index in [4.69, 9.17) is 11.6 Å². The summed E-state index contributed by atoms with van der Waals surface area (Å²) in [5.41, 5.74) is 2.54. The van der Waals surface area contributed by atoms with E-state index in [1.54, 1.807) is 42.9 Å². The first-order valence-electron chi connectivity index (χ1n) is 8.21. The highest BCUT2D eigenvalue weighted by atomic mass is 35.5. The number of pyridine rings is 2. The lowest BCUT2D eigenvalue weighted by molar-refractivity contribution is 0.101. The van der Waals surface area contributed by atoms with Crippen LogP contribution in [0.1, 0.15) is 16.1 Å². The van der Waals surface area contributed by atoms with Gasteiger partial charge in [0.05, 0.1) is 5.69 Å². The first kappa shape index (κ1) is 17.2. The van der Waals surface area contributed by atoms with Gasteiger partial charge in [-0.2, -0.15) is 0 Å². The first-order valence-corrected chi connectivity index (χ1v) is 8.59. The van der Waals surface area contributed by atoms with Crippen molar-refractivity contribution in [2.75, 3.05) is 5.32 Å². The maximum absolute atomic E-state index is 13.7. The smallest absolute Gasteiger partial charge is 0.272 e. The molecule has 0 aliphatic carbocycles. The zero-order valence-corrected chi connectivity index (χ0v) is 14.8. The highest BCUT2D eigenvalue weighted by Crippen LogP contribution is 2.24. The summed E-state index contributed by atoms with van der Waals surface area (Å²) in [4.78, 5) is 20.9. The second-order valence-electron chi connectivity index (χ2n) is 5.97. The molecular weight excluding hydrogens is 367 g/mol. The third kappa shape index (κ3) is 3.52. The van der Waals surface area contributed by atoms with Crippen molar-refractivity contribution in [2.45, 2.75) is 6.54 Å². The fourth-order valence-corrected chi connectivity index (χ4v) is 3.10. The van der Waals surface area contributed by atoms with Crippen molar-refractivity contribution in [1.29, 1.82) is 0 Å². The fraction of sp³-hybridized carbons (Fsp3) is 0.0500. The van der Waals surface area contributed by atoms with E-state index in [0.29, 0.717) is 23.3 Å². The molecular formula is C20H14ClFN4O. The van der Waals surface area contributed by atoms with Gasteiger partial charge in [-0.05, 0) is 54.1 Å². The first-order chi connectivity index (χ1) is 13.1. The van der Waals surface area contributed by atoms with Crippen molar-refractivity contribution in [3.8, 4) is 0 Å². The van der Waals surface area contributed by atoms with E-state index in [9.17, 15) is 9.18 Å². The lowest BCUT2D eigenvalue weighted by Crippen LogP contribution is -2.18. The average molecular weight is 381 g/mol. The summed E-state index contributed by atoms with van der Waals surface area (Å²) in [5.74, 6) is -0.707. The Bertz CT molecular complexity index is 1130. The van der Waals surface area contributed by atoms with Gasteiger partial charge < -0.3 is 9.88 Å². The van der Waals surface area contributed by atoms with Gasteiger partial charge in [0, 0.05) is 36.0 Å². The highest BCUT2D eigenvalue weighted by molar-refractivity contribution is 6.32. The molecule has 0 bridgehead atoms. The van der Waals surface area contributed by atoms with Crippen molar-refractivity contribution >= 4 is 34.1 Å². The lowest BCUT2D eigenvalue weighted by atomic mass is 10.2. The number of hydrogen-bond donors (Lipinski definition) is 1. The molecule has 0 saturated heterocycles. The van der Waals surface area contributed by atoms with Crippen molar-refractivity contribution < 1.29 is 9.18 Å². The standard InChI is InChI=1S/C20H14ClFN4O/c21-19-16(2-1-7-24-19)25-20(27)18-11-14-10-15(22)3-4-17(14)26(18)12-13-5-8-23-9-6-13/h1-11H,12H2,(H,25,27). The predicted octanol–water partition coefficient (Wildman–Crippen LogP) is 4.52. The Morgan fingerprint density at radius 3 is 2.70 bits per heavy atom. The van der Waals surface area contributed by atoms with Gasteiger partial charge in [-0.3, -0.25) is 9.78 Å². The Morgan fingerprint density at radius 1 is 1.11 bits per heavy atom. The number of carbonyl (C=O) groups excluding carboxylic acids is 1. The van der Waals surface area contributed by atoms with Crippen LogP contribution in [-0.2, 0) is 6.54 Å². The van der Waals surface area contributed by atoms with Crippen molar-refractivity contribution in [3.05, 3.63) is 89.3 Å². The normalized spacial score (nSPS) is 10.9. The summed E-state index contributed by atoms with van der Waals surface area (Å²) in [6, 6.07) is 13.2. The number of anilines is 1. The molecule has 0 radical (unpaired) electrons. The zero-order chi connectivity index (χ0) is 18.8. The van der Waals surface area contributed by atoms with Gasteiger partial charge in [0.15, 0.2) is 5.15 Å². The number of carbonyl (C=O) groups is 1. The summed E-state index contributed by atoms with van der Waals surface area (Å²) in [7, 11) is 0. The Labute approximate surface area is 159 Å². The minimum absolute atomic E-state index is 0.202. The fourth-order valence-electron chi connectivity index (χ4n) is 2.94. The van der Waals surface area contributed by atoms with Gasteiger partial charge in [-0.1, -0.05) is 11.6 Å². The van der Waals surface area contributed by atoms with Gasteiger partial charge in [-0.25, -0.2) is 9.37 Å². The van der Waals surface area contributed by atoms with E-state index < -0.39 is 0 Å². The van der Waals surface area contributed by atoms with E-state index in [1.165, 1.54) is 12.1 Å². The van der Waals surface area contributed by atoms with Crippen LogP contribution in [0.15, 0.2) is 67.1 Å². The van der Waals surface area contributed by atoms with Crippen LogP contribution in [-0.4, -0.2) is 20.4 Å². The molecule has 1 amide bonds. The largest absolute Gasteiger partial charge is 0.332 e. The number of rotatable bonds is 4. The van der Waals surface area contributed by atoms with Gasteiger partial charge in [0.1, 0.15) is 11.5 Å². The van der Waals surface area contributed by atoms with E-state index in [0.717, 1.165) is 11.1 Å². The molecule has 1 N–H and O–H groups in total. The van der Waals surface area contributed by atoms with Crippen LogP contribution in [0, 0.1) is 5.82 Å². The Hall–Kier alpha value is -3.25. The summed E-state index contributed by atoms with van der Waals surface area (Å²) in [5, 5.41) is 3.62. The van der Waals surface area contributed by atoms with E-state index in [-0.39, 0.29) is 16.9 Å². The molecule has 0 saturated carbocycles. The van der Waals surface area contributed by atoms with Crippen molar-refractivity contribution in [3.63, 3.8) is 0 Å². The number of nitrogens with zero attached hydrogens (tertiary/aromatic N) is 3. The van der Waals surface area contributed by atoms with Gasteiger partial charge in [-0.15, -0.1) is 0 Å². The molecule has 0 aliphatic heterocycles. The van der Waals surface area contributed by atoms with Crippen LogP contribution < -0.4 is 5.32 Å². The Morgan fingerprint density at radius 2 is 1.93 bits per heavy atom. The molecule has 0 spiro atoms. The van der Waals surface area contributed by atoms with E-state index in [1.807, 2.05) is 16.7 Å². The number of aromatic nitrogens is 3. The maximum atomic E-state index is 13.7. The van der Waals surface area contributed by atoms with Crippen LogP contribution in [0.5, 0.6) is 0 Å². The van der Waals surface area contributed by atoms with Crippen LogP contribution in [0.25, 0.3) is 10.9 Å². The molecule has 7 heteroatoms. The minimum Gasteiger partial charge on any atom is -0.332 e. The highest BCUT2D eigenvalue weighted by Gasteiger charge is 2.17. The average Bonchev–Trinajstić information content (AvgIpc) is 3.02. The second-order valence-corrected chi connectivity index (χ2v) is 6.33. The predicted molar refractivity (Wildman–Crippen MR) is 102 cm³/mol. The number of nitrogens with one attached hydrogen (secondary N) is 1. The van der Waals surface area contributed by atoms with Crippen LogP contribution in [0.4, 0.5) is 10.1 Å². The molecule has 0 unspecified atom stereocenters. The van der Waals surface area contributed by atoms with Gasteiger partial charge >= 0.3 is 0 Å². The number of hydrogen-bond acceptors (Lipinski definition) is 3. The summed E-state index contributed by atoms with van der Waals surface area (Å²) < 4.78 is 15.5. The van der Waals surface area contributed by atoms with E-state index >= 15 is 0 Å². The summed E-state index contributed by atoms with van der Waals surface area (Å²) >= 11 is 6.04. The Balaban J connectivity index is 1.77. The van der Waals surface area contributed by atoms with Gasteiger partial charge in [0.2, 0.25) is 0 Å². The minimum atomic E-state index is -0.356. The van der Waals surface area contributed by atoms with E-state index in [2.05, 4.69) is 15.3 Å². The molecule has 27 heavy (non-hydrogen) atoms. The van der Waals surface area contributed by atoms with Crippen molar-refractivity contribution in [2.24, 2.45) is 0 Å². The molecule has 3 heterocycles. The van der Waals surface area contributed by atoms with Crippen LogP contribution >= 0.6 is 11.6 Å². The molecule has 134 valence electrons. The zero-order valence-electron chi connectivity index (χ0n) is 14.1. The third-order valence-electron chi connectivity index (χ3n) is 4.19. The molecule has 4 rings (SSSR count). The third-order valence-corrected chi connectivity index (χ3v) is 4.49. The molecule has 4 aromatic rings. The molecule has 5 nitrogen and oxygen atoms in total. The summed E-state index contributed by atoms with van der Waals surface area (Å²) in [6.07, 6.45) is 4.92. The maximum Gasteiger partial charge on any atom is 0.272 e. The number of halogens is 2. The molecule has 0 atom stereocenters. The second kappa shape index (κ2) is 7.17. The topological polar surface area (TPSA) is 59.8 Å². The molecule has 1 aromatic carbocycles. The quantitative estimate of drug-likeness (QED) is 0.529. The van der Waals surface area contributed by atoms with Gasteiger partial charge in [0.25, 0.3) is 5.91 Å². The lowest BCUT2D eigenvalue weighted by Gasteiger charge is -2.12. The van der Waals surface area contributed by atoms with Crippen LogP contribution in [0.2, 0.25) is 5.15 Å². The van der Waals surface area contributed by atoms with Crippen LogP contribution in [0.3, 0.4) is 0 Å².